The zero-order valence-corrected chi connectivity index (χ0v) is 9.09. The van der Waals surface area contributed by atoms with Crippen LogP contribution in [-0.4, -0.2) is 15.3 Å². The molecular formula is C8H8S2Si. The van der Waals surface area contributed by atoms with E-state index < -0.39 is 0 Å². The first kappa shape index (κ1) is 6.52. The Morgan fingerprint density at radius 3 is 3.55 bits per heavy atom. The van der Waals surface area contributed by atoms with E-state index in [1.54, 1.807) is 15.3 Å². The van der Waals surface area contributed by atoms with E-state index in [0.29, 0.717) is 0 Å². The summed E-state index contributed by atoms with van der Waals surface area (Å²) in [7, 11) is 0.0135. The van der Waals surface area contributed by atoms with Crippen LogP contribution in [0.2, 0.25) is 0 Å². The molecular weight excluding hydrogens is 188 g/mol. The first-order valence-corrected chi connectivity index (χ1v) is 7.16. The van der Waals surface area contributed by atoms with Crippen LogP contribution in [0.4, 0.5) is 0 Å². The number of thioether (sulfide) groups is 1. The maximum absolute atomic E-state index is 2.47. The summed E-state index contributed by atoms with van der Waals surface area (Å²) in [6, 6.07) is 2.34. The number of hydrogen-bond donors (Lipinski definition) is 0. The summed E-state index contributed by atoms with van der Waals surface area (Å²) in [6.07, 6.45) is 2.47. The van der Waals surface area contributed by atoms with Gasteiger partial charge in [0, 0.05) is 10.6 Å². The van der Waals surface area contributed by atoms with E-state index in [1.165, 1.54) is 5.75 Å². The molecule has 0 saturated heterocycles. The molecule has 11 heavy (non-hydrogen) atoms. The van der Waals surface area contributed by atoms with E-state index in [-0.39, 0.29) is 9.52 Å². The predicted molar refractivity (Wildman–Crippen MR) is 55.8 cm³/mol. The van der Waals surface area contributed by atoms with Gasteiger partial charge in [0.2, 0.25) is 0 Å². The highest BCUT2D eigenvalue weighted by Gasteiger charge is 2.31. The fourth-order valence-corrected chi connectivity index (χ4v) is 7.66. The minimum absolute atomic E-state index is 0.0135. The van der Waals surface area contributed by atoms with Crippen molar-refractivity contribution in [3.8, 4) is 0 Å². The zero-order valence-electron chi connectivity index (χ0n) is 6.04. The Hall–Kier alpha value is 0.00688. The summed E-state index contributed by atoms with van der Waals surface area (Å²) < 4.78 is 0. The molecule has 1 aromatic rings. The second-order valence-corrected chi connectivity index (χ2v) is 7.00. The number of fused-ring (bicyclic) bond motifs is 3. The Morgan fingerprint density at radius 1 is 1.55 bits per heavy atom. The van der Waals surface area contributed by atoms with Gasteiger partial charge in [0.05, 0.1) is 14.8 Å². The monoisotopic (exact) mass is 196 g/mol. The standard InChI is InChI=1S/C8H8S2Si/c1-3-9-7-5(1)11-6-2-4-10-8(6)7/h1-3,8H,4,11H2. The van der Waals surface area contributed by atoms with Crippen molar-refractivity contribution in [1.29, 1.82) is 0 Å². The van der Waals surface area contributed by atoms with E-state index in [1.807, 2.05) is 11.3 Å². The lowest BCUT2D eigenvalue weighted by molar-refractivity contribution is 1.32. The van der Waals surface area contributed by atoms with Gasteiger partial charge in [-0.15, -0.1) is 23.1 Å². The summed E-state index contributed by atoms with van der Waals surface area (Å²) >= 11 is 4.07. The second-order valence-electron chi connectivity index (χ2n) is 2.98. The molecule has 2 aliphatic rings. The van der Waals surface area contributed by atoms with Gasteiger partial charge in [-0.25, -0.2) is 0 Å². The van der Waals surface area contributed by atoms with E-state index in [2.05, 4.69) is 29.3 Å². The van der Waals surface area contributed by atoms with Crippen molar-refractivity contribution in [2.45, 2.75) is 5.25 Å². The molecule has 3 rings (SSSR count). The summed E-state index contributed by atoms with van der Waals surface area (Å²) in [5.74, 6) is 1.27. The molecule has 2 aliphatic heterocycles. The van der Waals surface area contributed by atoms with Gasteiger partial charge in [-0.2, -0.15) is 0 Å². The normalized spacial score (nSPS) is 28.7. The molecule has 0 saturated carbocycles. The van der Waals surface area contributed by atoms with Crippen molar-refractivity contribution in [3.63, 3.8) is 0 Å². The van der Waals surface area contributed by atoms with Crippen LogP contribution in [0.3, 0.4) is 0 Å². The zero-order chi connectivity index (χ0) is 7.26. The average molecular weight is 196 g/mol. The largest absolute Gasteiger partial charge is 0.148 e. The molecule has 0 nitrogen and oxygen atoms in total. The molecule has 0 fully saturated rings. The van der Waals surface area contributed by atoms with E-state index in [9.17, 15) is 0 Å². The van der Waals surface area contributed by atoms with E-state index in [4.69, 9.17) is 0 Å². The molecule has 0 bridgehead atoms. The minimum Gasteiger partial charge on any atom is -0.148 e. The van der Waals surface area contributed by atoms with Crippen LogP contribution in [0.25, 0.3) is 0 Å². The van der Waals surface area contributed by atoms with Crippen molar-refractivity contribution in [3.05, 3.63) is 27.6 Å². The highest BCUT2D eigenvalue weighted by atomic mass is 32.2. The van der Waals surface area contributed by atoms with E-state index >= 15 is 0 Å². The van der Waals surface area contributed by atoms with Crippen molar-refractivity contribution in [1.82, 2.24) is 0 Å². The third-order valence-corrected chi connectivity index (χ3v) is 7.42. The summed E-state index contributed by atoms with van der Waals surface area (Å²) in [6.45, 7) is 0. The SMILES string of the molecule is C1=C2[SiH2]c3ccsc3C2SC1. The lowest BCUT2D eigenvalue weighted by atomic mass is 10.3. The third kappa shape index (κ3) is 0.818. The van der Waals surface area contributed by atoms with Crippen LogP contribution < -0.4 is 5.19 Å². The summed E-state index contributed by atoms with van der Waals surface area (Å²) in [5, 5.41) is 6.60. The number of hydrogen-bond acceptors (Lipinski definition) is 2. The van der Waals surface area contributed by atoms with Crippen molar-refractivity contribution < 1.29 is 0 Å². The molecule has 1 atom stereocenters. The van der Waals surface area contributed by atoms with Gasteiger partial charge in [-0.05, 0) is 10.6 Å². The minimum atomic E-state index is 0.0135. The molecule has 56 valence electrons. The number of rotatable bonds is 0. The van der Waals surface area contributed by atoms with Crippen LogP contribution in [0, 0.1) is 0 Å². The second kappa shape index (κ2) is 2.25. The molecule has 0 spiro atoms. The Balaban J connectivity index is 2.17. The Labute approximate surface area is 76.5 Å². The van der Waals surface area contributed by atoms with Gasteiger partial charge in [0.15, 0.2) is 0 Å². The highest BCUT2D eigenvalue weighted by Crippen LogP contribution is 2.44. The first-order valence-electron chi connectivity index (χ1n) is 3.82. The lowest BCUT2D eigenvalue weighted by Crippen LogP contribution is -2.07. The van der Waals surface area contributed by atoms with Gasteiger partial charge < -0.3 is 0 Å². The maximum atomic E-state index is 2.47. The van der Waals surface area contributed by atoms with E-state index in [0.717, 1.165) is 5.25 Å². The quantitative estimate of drug-likeness (QED) is 0.562. The molecule has 3 heteroatoms. The molecule has 1 aromatic heterocycles. The molecule has 0 aliphatic carbocycles. The molecule has 0 N–H and O–H groups in total. The van der Waals surface area contributed by atoms with Crippen LogP contribution in [-0.2, 0) is 0 Å². The fraction of sp³-hybridized carbons (Fsp3) is 0.250. The first-order chi connectivity index (χ1) is 5.45. The van der Waals surface area contributed by atoms with Crippen molar-refractivity contribution in [2.24, 2.45) is 0 Å². The molecule has 0 amide bonds. The van der Waals surface area contributed by atoms with Crippen LogP contribution >= 0.6 is 23.1 Å². The van der Waals surface area contributed by atoms with Gasteiger partial charge in [0.1, 0.15) is 0 Å². The highest BCUT2D eigenvalue weighted by molar-refractivity contribution is 8.00. The predicted octanol–water partition coefficient (Wildman–Crippen LogP) is 1.23. The Morgan fingerprint density at radius 2 is 2.55 bits per heavy atom. The Kier molecular flexibility index (Phi) is 1.33. The topological polar surface area (TPSA) is 0 Å². The Bertz CT molecular complexity index is 327. The van der Waals surface area contributed by atoms with Gasteiger partial charge in [-0.3, -0.25) is 0 Å². The van der Waals surface area contributed by atoms with Crippen LogP contribution in [0.15, 0.2) is 22.7 Å². The van der Waals surface area contributed by atoms with Crippen LogP contribution in [0.1, 0.15) is 10.1 Å². The molecule has 1 unspecified atom stereocenters. The number of thiophene rings is 1. The molecule has 0 radical (unpaired) electrons. The van der Waals surface area contributed by atoms with Gasteiger partial charge in [-0.1, -0.05) is 17.3 Å². The molecule has 3 heterocycles. The third-order valence-electron chi connectivity index (χ3n) is 2.36. The van der Waals surface area contributed by atoms with Crippen LogP contribution in [0.5, 0.6) is 0 Å². The summed E-state index contributed by atoms with van der Waals surface area (Å²) in [5.41, 5.74) is 0. The van der Waals surface area contributed by atoms with Crippen molar-refractivity contribution in [2.75, 3.05) is 5.75 Å². The lowest BCUT2D eigenvalue weighted by Gasteiger charge is -2.02. The van der Waals surface area contributed by atoms with Gasteiger partial charge >= 0.3 is 0 Å². The average Bonchev–Trinajstić information content (AvgIpc) is 2.52. The van der Waals surface area contributed by atoms with Gasteiger partial charge in [0.25, 0.3) is 0 Å². The molecule has 0 aromatic carbocycles. The fourth-order valence-electron chi connectivity index (χ4n) is 1.82. The van der Waals surface area contributed by atoms with Crippen molar-refractivity contribution >= 4 is 37.8 Å². The summed E-state index contributed by atoms with van der Waals surface area (Å²) in [4.78, 5) is 1.69. The smallest absolute Gasteiger partial charge is 0.0854 e. The maximum Gasteiger partial charge on any atom is 0.0854 e.